The molecule has 2 N–H and O–H groups in total. The van der Waals surface area contributed by atoms with Crippen molar-refractivity contribution in [3.8, 4) is 0 Å². The van der Waals surface area contributed by atoms with Gasteiger partial charge in [0, 0.05) is 49.7 Å². The van der Waals surface area contributed by atoms with Crippen molar-refractivity contribution < 1.29 is 4.92 Å². The molecule has 1 aliphatic carbocycles. The molecule has 0 unspecified atom stereocenters. The summed E-state index contributed by atoms with van der Waals surface area (Å²) in [5.41, 5.74) is 1.84. The number of nitro groups is 1. The van der Waals surface area contributed by atoms with Crippen LogP contribution in [0.1, 0.15) is 31.2 Å². The predicted octanol–water partition coefficient (Wildman–Crippen LogP) is 4.12. The summed E-state index contributed by atoms with van der Waals surface area (Å²) in [5, 5.41) is 19.3. The monoisotopic (exact) mass is 420 g/mol. The lowest BCUT2D eigenvalue weighted by Gasteiger charge is -2.30. The van der Waals surface area contributed by atoms with Gasteiger partial charge < -0.3 is 15.5 Å². The molecule has 0 radical (unpaired) electrons. The fourth-order valence-corrected chi connectivity index (χ4v) is 4.18. The van der Waals surface area contributed by atoms with Gasteiger partial charge in [0.15, 0.2) is 0 Å². The summed E-state index contributed by atoms with van der Waals surface area (Å²) in [4.78, 5) is 22.3. The van der Waals surface area contributed by atoms with Crippen LogP contribution in [0.4, 0.5) is 17.5 Å². The number of anilines is 2. The number of nitro benzene ring substituents is 1. The van der Waals surface area contributed by atoms with Crippen molar-refractivity contribution in [2.75, 3.05) is 24.3 Å². The first-order chi connectivity index (χ1) is 15.0. The van der Waals surface area contributed by atoms with Gasteiger partial charge in [-0.05, 0) is 37.8 Å². The zero-order valence-corrected chi connectivity index (χ0v) is 17.9. The normalized spacial score (nSPS) is 18.6. The third-order valence-corrected chi connectivity index (χ3v) is 5.84. The van der Waals surface area contributed by atoms with Gasteiger partial charge in [0.25, 0.3) is 5.69 Å². The van der Waals surface area contributed by atoms with Crippen LogP contribution in [0.2, 0.25) is 0 Å². The maximum absolute atomic E-state index is 11.2. The molecule has 8 heteroatoms. The van der Waals surface area contributed by atoms with Crippen LogP contribution < -0.4 is 15.5 Å². The largest absolute Gasteiger partial charge is 0.362 e. The van der Waals surface area contributed by atoms with Crippen molar-refractivity contribution in [2.45, 2.75) is 44.3 Å². The molecule has 4 rings (SSSR count). The lowest BCUT2D eigenvalue weighted by molar-refractivity contribution is -0.385. The minimum Gasteiger partial charge on any atom is -0.362 e. The van der Waals surface area contributed by atoms with E-state index in [9.17, 15) is 10.1 Å². The molecule has 1 saturated carbocycles. The van der Waals surface area contributed by atoms with Crippen LogP contribution in [0.15, 0.2) is 48.5 Å². The Morgan fingerprint density at radius 2 is 1.68 bits per heavy atom. The standard InChI is InChI=1S/C23H28N6O2/c1-28(2)22-19-8-4-5-9-20(19)26-23(27-22)25-18-13-11-17(12-14-18)24-15-16-7-3-6-10-21(16)29(30)31/h3-10,17-18,24H,11-15H2,1-2H3,(H,25,26,27). The van der Waals surface area contributed by atoms with Gasteiger partial charge in [0.05, 0.1) is 10.4 Å². The second kappa shape index (κ2) is 9.26. The lowest BCUT2D eigenvalue weighted by atomic mass is 9.91. The zero-order chi connectivity index (χ0) is 21.8. The lowest BCUT2D eigenvalue weighted by Crippen LogP contribution is -2.37. The van der Waals surface area contributed by atoms with Crippen LogP contribution in [0, 0.1) is 10.1 Å². The first-order valence-electron chi connectivity index (χ1n) is 10.7. The van der Waals surface area contributed by atoms with Gasteiger partial charge in [-0.15, -0.1) is 0 Å². The first kappa shape index (κ1) is 21.0. The molecule has 162 valence electrons. The highest BCUT2D eigenvalue weighted by atomic mass is 16.6. The number of nitrogens with zero attached hydrogens (tertiary/aromatic N) is 4. The summed E-state index contributed by atoms with van der Waals surface area (Å²) in [5.74, 6) is 1.58. The molecule has 3 aromatic rings. The van der Waals surface area contributed by atoms with Gasteiger partial charge in [-0.2, -0.15) is 4.98 Å². The van der Waals surface area contributed by atoms with Crippen LogP contribution in [0.3, 0.4) is 0 Å². The molecule has 0 spiro atoms. The van der Waals surface area contributed by atoms with Crippen LogP contribution >= 0.6 is 0 Å². The van der Waals surface area contributed by atoms with Gasteiger partial charge in [-0.25, -0.2) is 4.98 Å². The Kier molecular flexibility index (Phi) is 6.27. The number of nitrogens with one attached hydrogen (secondary N) is 2. The van der Waals surface area contributed by atoms with Crippen LogP contribution in [-0.2, 0) is 6.54 Å². The van der Waals surface area contributed by atoms with E-state index in [1.54, 1.807) is 12.1 Å². The van der Waals surface area contributed by atoms with E-state index in [0.29, 0.717) is 24.6 Å². The summed E-state index contributed by atoms with van der Waals surface area (Å²) < 4.78 is 0. The van der Waals surface area contributed by atoms with Gasteiger partial charge in [-0.3, -0.25) is 10.1 Å². The summed E-state index contributed by atoms with van der Waals surface area (Å²) in [6, 6.07) is 15.7. The van der Waals surface area contributed by atoms with Crippen molar-refractivity contribution in [3.05, 3.63) is 64.2 Å². The fourth-order valence-electron chi connectivity index (χ4n) is 4.18. The number of benzene rings is 2. The second-order valence-corrected chi connectivity index (χ2v) is 8.24. The molecule has 0 saturated heterocycles. The average Bonchev–Trinajstić information content (AvgIpc) is 2.78. The Labute approximate surface area is 181 Å². The highest BCUT2D eigenvalue weighted by Gasteiger charge is 2.23. The molecule has 0 aliphatic heterocycles. The SMILES string of the molecule is CN(C)c1nc(NC2CCC(NCc3ccccc3[N+](=O)[O-])CC2)nc2ccccc12. The maximum Gasteiger partial charge on any atom is 0.273 e. The number of hydrogen-bond acceptors (Lipinski definition) is 7. The Balaban J connectivity index is 1.35. The van der Waals surface area contributed by atoms with E-state index >= 15 is 0 Å². The van der Waals surface area contributed by atoms with Gasteiger partial charge in [0.1, 0.15) is 5.82 Å². The van der Waals surface area contributed by atoms with Crippen molar-refractivity contribution in [1.82, 2.24) is 15.3 Å². The van der Waals surface area contributed by atoms with E-state index in [1.807, 2.05) is 55.4 Å². The van der Waals surface area contributed by atoms with Crippen molar-refractivity contribution in [2.24, 2.45) is 0 Å². The van der Waals surface area contributed by atoms with Crippen molar-refractivity contribution >= 4 is 28.4 Å². The topological polar surface area (TPSA) is 96.2 Å². The van der Waals surface area contributed by atoms with E-state index in [1.165, 1.54) is 0 Å². The third-order valence-electron chi connectivity index (χ3n) is 5.84. The number of aromatic nitrogens is 2. The molecular weight excluding hydrogens is 392 g/mol. The quantitative estimate of drug-likeness (QED) is 0.438. The minimum absolute atomic E-state index is 0.176. The van der Waals surface area contributed by atoms with E-state index in [2.05, 4.69) is 10.6 Å². The van der Waals surface area contributed by atoms with E-state index in [4.69, 9.17) is 9.97 Å². The number of para-hydroxylation sites is 2. The highest BCUT2D eigenvalue weighted by Crippen LogP contribution is 2.27. The summed E-state index contributed by atoms with van der Waals surface area (Å²) >= 11 is 0. The molecule has 31 heavy (non-hydrogen) atoms. The Bertz CT molecular complexity index is 1060. The molecular formula is C23H28N6O2. The Morgan fingerprint density at radius 1 is 1.00 bits per heavy atom. The Morgan fingerprint density at radius 3 is 2.42 bits per heavy atom. The minimum atomic E-state index is -0.316. The third kappa shape index (κ3) is 4.91. The van der Waals surface area contributed by atoms with Crippen LogP contribution in [0.25, 0.3) is 10.9 Å². The molecule has 8 nitrogen and oxygen atoms in total. The van der Waals surface area contributed by atoms with Crippen molar-refractivity contribution in [1.29, 1.82) is 0 Å². The molecule has 0 amide bonds. The Hall–Kier alpha value is -3.26. The summed E-state index contributed by atoms with van der Waals surface area (Å²) in [7, 11) is 3.99. The van der Waals surface area contributed by atoms with Gasteiger partial charge >= 0.3 is 0 Å². The van der Waals surface area contributed by atoms with E-state index in [-0.39, 0.29) is 10.6 Å². The first-order valence-corrected chi connectivity index (χ1v) is 10.7. The molecule has 2 aromatic carbocycles. The molecule has 1 aliphatic rings. The number of fused-ring (bicyclic) bond motifs is 1. The number of hydrogen-bond donors (Lipinski definition) is 2. The molecule has 1 fully saturated rings. The average molecular weight is 421 g/mol. The number of rotatable bonds is 7. The second-order valence-electron chi connectivity index (χ2n) is 8.24. The highest BCUT2D eigenvalue weighted by molar-refractivity contribution is 5.90. The smallest absolute Gasteiger partial charge is 0.273 e. The zero-order valence-electron chi connectivity index (χ0n) is 17.9. The maximum atomic E-state index is 11.2. The molecule has 1 aromatic heterocycles. The fraction of sp³-hybridized carbons (Fsp3) is 0.391. The van der Waals surface area contributed by atoms with Gasteiger partial charge in [-0.1, -0.05) is 30.3 Å². The van der Waals surface area contributed by atoms with E-state index in [0.717, 1.165) is 48.0 Å². The summed E-state index contributed by atoms with van der Waals surface area (Å²) in [6.07, 6.45) is 4.02. The molecule has 0 atom stereocenters. The molecule has 1 heterocycles. The van der Waals surface area contributed by atoms with Crippen LogP contribution in [0.5, 0.6) is 0 Å². The van der Waals surface area contributed by atoms with Crippen LogP contribution in [-0.4, -0.2) is 41.1 Å². The van der Waals surface area contributed by atoms with Crippen molar-refractivity contribution in [3.63, 3.8) is 0 Å². The summed E-state index contributed by atoms with van der Waals surface area (Å²) in [6.45, 7) is 0.514. The van der Waals surface area contributed by atoms with Gasteiger partial charge in [0.2, 0.25) is 5.95 Å². The predicted molar refractivity (Wildman–Crippen MR) is 123 cm³/mol. The molecule has 0 bridgehead atoms. The van der Waals surface area contributed by atoms with E-state index < -0.39 is 0 Å².